The summed E-state index contributed by atoms with van der Waals surface area (Å²) >= 11 is 0. The molecular weight excluding hydrogens is 454 g/mol. The molecule has 1 fully saturated rings. The molecule has 2 N–H and O–H groups in total. The van der Waals surface area contributed by atoms with E-state index in [1.807, 2.05) is 6.92 Å². The highest BCUT2D eigenvalue weighted by atomic mass is 32.2. The average Bonchev–Trinajstić information content (AvgIpc) is 2.80. The van der Waals surface area contributed by atoms with Gasteiger partial charge in [-0.1, -0.05) is 19.4 Å². The van der Waals surface area contributed by atoms with E-state index in [9.17, 15) is 21.6 Å². The van der Waals surface area contributed by atoms with E-state index in [1.165, 1.54) is 52.8 Å². The number of carbonyl (C=O) groups is 1. The summed E-state index contributed by atoms with van der Waals surface area (Å²) in [6.45, 7) is 3.60. The van der Waals surface area contributed by atoms with Crippen molar-refractivity contribution in [3.8, 4) is 0 Å². The summed E-state index contributed by atoms with van der Waals surface area (Å²) in [5.41, 5.74) is 0.568. The molecule has 0 unspecified atom stereocenters. The quantitative estimate of drug-likeness (QED) is 0.529. The van der Waals surface area contributed by atoms with Crippen LogP contribution in [-0.2, 0) is 24.8 Å². The number of hydrogen-bond donors (Lipinski definition) is 2. The van der Waals surface area contributed by atoms with Crippen molar-refractivity contribution in [2.75, 3.05) is 38.2 Å². The minimum absolute atomic E-state index is 0.00760. The van der Waals surface area contributed by atoms with Gasteiger partial charge in [0.1, 0.15) is 0 Å². The molecule has 2 aromatic rings. The summed E-state index contributed by atoms with van der Waals surface area (Å²) in [6, 6.07) is 11.6. The zero-order valence-corrected chi connectivity index (χ0v) is 19.4. The van der Waals surface area contributed by atoms with Crippen molar-refractivity contribution in [2.24, 2.45) is 0 Å². The second-order valence-corrected chi connectivity index (χ2v) is 11.0. The van der Waals surface area contributed by atoms with E-state index in [4.69, 9.17) is 4.74 Å². The molecular formula is C21H27N3O6S2. The maximum absolute atomic E-state index is 12.7. The molecule has 0 bridgehead atoms. The molecule has 2 aromatic carbocycles. The van der Waals surface area contributed by atoms with Crippen LogP contribution < -0.4 is 10.0 Å². The van der Waals surface area contributed by atoms with Crippen LogP contribution in [0, 0.1) is 0 Å². The van der Waals surface area contributed by atoms with Gasteiger partial charge in [-0.05, 0) is 48.9 Å². The van der Waals surface area contributed by atoms with Crippen LogP contribution >= 0.6 is 0 Å². The van der Waals surface area contributed by atoms with Gasteiger partial charge in [0.05, 0.1) is 23.0 Å². The lowest BCUT2D eigenvalue weighted by atomic mass is 10.2. The first-order chi connectivity index (χ1) is 15.2. The fourth-order valence-electron chi connectivity index (χ4n) is 3.12. The van der Waals surface area contributed by atoms with Gasteiger partial charge < -0.3 is 10.1 Å². The average molecular weight is 482 g/mol. The number of ether oxygens (including phenoxy) is 1. The lowest BCUT2D eigenvalue weighted by molar-refractivity contribution is 0.0730. The largest absolute Gasteiger partial charge is 0.379 e. The van der Waals surface area contributed by atoms with Crippen LogP contribution in [0.2, 0.25) is 0 Å². The third kappa shape index (κ3) is 5.93. The number of unbranched alkanes of at least 4 members (excludes halogenated alkanes) is 1. The van der Waals surface area contributed by atoms with Crippen LogP contribution in [0.4, 0.5) is 5.69 Å². The highest BCUT2D eigenvalue weighted by Gasteiger charge is 2.26. The minimum Gasteiger partial charge on any atom is -0.379 e. The molecule has 1 amide bonds. The van der Waals surface area contributed by atoms with Crippen molar-refractivity contribution in [2.45, 2.75) is 29.6 Å². The molecule has 0 aromatic heterocycles. The van der Waals surface area contributed by atoms with Gasteiger partial charge in [-0.2, -0.15) is 4.31 Å². The molecule has 1 aliphatic heterocycles. The van der Waals surface area contributed by atoms with Crippen LogP contribution in [0.1, 0.15) is 30.1 Å². The van der Waals surface area contributed by atoms with Crippen molar-refractivity contribution in [1.29, 1.82) is 0 Å². The van der Waals surface area contributed by atoms with E-state index < -0.39 is 26.0 Å². The Morgan fingerprint density at radius 2 is 1.69 bits per heavy atom. The number of amides is 1. The van der Waals surface area contributed by atoms with E-state index in [0.717, 1.165) is 12.8 Å². The van der Waals surface area contributed by atoms with Crippen molar-refractivity contribution in [3.63, 3.8) is 0 Å². The Morgan fingerprint density at radius 3 is 2.34 bits per heavy atom. The number of sulfonamides is 2. The van der Waals surface area contributed by atoms with Gasteiger partial charge in [-0.25, -0.2) is 21.6 Å². The Morgan fingerprint density at radius 1 is 1.00 bits per heavy atom. The van der Waals surface area contributed by atoms with Crippen LogP contribution in [-0.4, -0.2) is 59.9 Å². The number of hydrogen-bond acceptors (Lipinski definition) is 6. The van der Waals surface area contributed by atoms with Gasteiger partial charge in [0.2, 0.25) is 20.0 Å². The zero-order valence-electron chi connectivity index (χ0n) is 17.8. The molecule has 9 nitrogen and oxygen atoms in total. The number of carbonyl (C=O) groups excluding carboxylic acids is 1. The van der Waals surface area contributed by atoms with E-state index >= 15 is 0 Å². The molecule has 0 spiro atoms. The van der Waals surface area contributed by atoms with Crippen molar-refractivity contribution < 1.29 is 26.4 Å². The number of benzene rings is 2. The Balaban J connectivity index is 1.70. The SMILES string of the molecule is CCCCNS(=O)(=O)c1cccc(C(=O)Nc2ccc(S(=O)(=O)N3CCOCC3)cc2)c1. The molecule has 3 rings (SSSR count). The van der Waals surface area contributed by atoms with Crippen LogP contribution in [0.3, 0.4) is 0 Å². The minimum atomic E-state index is -3.70. The van der Waals surface area contributed by atoms with Crippen molar-refractivity contribution >= 4 is 31.6 Å². The maximum Gasteiger partial charge on any atom is 0.255 e. The summed E-state index contributed by atoms with van der Waals surface area (Å²) in [5.74, 6) is -0.501. The number of morpholine rings is 1. The molecule has 32 heavy (non-hydrogen) atoms. The predicted octanol–water partition coefficient (Wildman–Crippen LogP) is 2.04. The Hall–Kier alpha value is -2.31. The lowest BCUT2D eigenvalue weighted by Crippen LogP contribution is -2.40. The third-order valence-corrected chi connectivity index (χ3v) is 8.32. The molecule has 0 radical (unpaired) electrons. The van der Waals surface area contributed by atoms with Crippen LogP contribution in [0.15, 0.2) is 58.3 Å². The first kappa shape index (κ1) is 24.3. The van der Waals surface area contributed by atoms with E-state index in [-0.39, 0.29) is 15.4 Å². The molecule has 11 heteroatoms. The Bertz CT molecular complexity index is 1140. The van der Waals surface area contributed by atoms with E-state index in [1.54, 1.807) is 0 Å². The highest BCUT2D eigenvalue weighted by Crippen LogP contribution is 2.20. The second kappa shape index (κ2) is 10.5. The summed E-state index contributed by atoms with van der Waals surface area (Å²) in [5, 5.41) is 2.66. The molecule has 0 aliphatic carbocycles. The normalized spacial score (nSPS) is 15.4. The number of nitrogens with zero attached hydrogens (tertiary/aromatic N) is 1. The third-order valence-electron chi connectivity index (χ3n) is 4.95. The van der Waals surface area contributed by atoms with Gasteiger partial charge in [-0.3, -0.25) is 4.79 Å². The maximum atomic E-state index is 12.7. The molecule has 1 aliphatic rings. The van der Waals surface area contributed by atoms with Gasteiger partial charge in [0.15, 0.2) is 0 Å². The van der Waals surface area contributed by atoms with Crippen molar-refractivity contribution in [1.82, 2.24) is 9.03 Å². The van der Waals surface area contributed by atoms with Crippen molar-refractivity contribution in [3.05, 3.63) is 54.1 Å². The predicted molar refractivity (Wildman–Crippen MR) is 121 cm³/mol. The molecule has 174 valence electrons. The fraction of sp³-hybridized carbons (Fsp3) is 0.381. The number of nitrogens with one attached hydrogen (secondary N) is 2. The smallest absolute Gasteiger partial charge is 0.255 e. The summed E-state index contributed by atoms with van der Waals surface area (Å²) < 4.78 is 59.2. The summed E-state index contributed by atoms with van der Waals surface area (Å²) in [6.07, 6.45) is 1.58. The monoisotopic (exact) mass is 481 g/mol. The highest BCUT2D eigenvalue weighted by molar-refractivity contribution is 7.89. The van der Waals surface area contributed by atoms with Crippen LogP contribution in [0.5, 0.6) is 0 Å². The van der Waals surface area contributed by atoms with Crippen LogP contribution in [0.25, 0.3) is 0 Å². The Labute approximate surface area is 188 Å². The topological polar surface area (TPSA) is 122 Å². The number of anilines is 1. The van der Waals surface area contributed by atoms with E-state index in [0.29, 0.717) is 38.5 Å². The standard InChI is InChI=1S/C21H27N3O6S2/c1-2-3-11-22-31(26,27)20-6-4-5-17(16-20)21(25)23-18-7-9-19(10-8-18)32(28,29)24-12-14-30-15-13-24/h4-10,16,22H,2-3,11-15H2,1H3,(H,23,25). The zero-order chi connectivity index (χ0) is 23.2. The molecule has 0 saturated carbocycles. The fourth-order valence-corrected chi connectivity index (χ4v) is 5.65. The lowest BCUT2D eigenvalue weighted by Gasteiger charge is -2.26. The van der Waals surface area contributed by atoms with Gasteiger partial charge in [0, 0.05) is 30.9 Å². The molecule has 0 atom stereocenters. The summed E-state index contributed by atoms with van der Waals surface area (Å²) in [4.78, 5) is 12.8. The Kier molecular flexibility index (Phi) is 8.01. The molecule has 1 heterocycles. The first-order valence-electron chi connectivity index (χ1n) is 10.3. The van der Waals surface area contributed by atoms with E-state index in [2.05, 4.69) is 10.0 Å². The van der Waals surface area contributed by atoms with Gasteiger partial charge in [-0.15, -0.1) is 0 Å². The second-order valence-electron chi connectivity index (χ2n) is 7.27. The molecule has 1 saturated heterocycles. The van der Waals surface area contributed by atoms with Gasteiger partial charge in [0.25, 0.3) is 5.91 Å². The first-order valence-corrected chi connectivity index (χ1v) is 13.3. The number of rotatable bonds is 9. The van der Waals surface area contributed by atoms with Gasteiger partial charge >= 0.3 is 0 Å². The summed E-state index contributed by atoms with van der Waals surface area (Å²) in [7, 11) is -7.33.